The summed E-state index contributed by atoms with van der Waals surface area (Å²) in [7, 11) is 0. The first-order valence-electron chi connectivity index (χ1n) is 7.11. The second-order valence-electron chi connectivity index (χ2n) is 4.97. The SMILES string of the molecule is CCCNC(Cc1cccnc1)Cc1cccnc1N. The quantitative estimate of drug-likeness (QED) is 0.809. The molecule has 3 N–H and O–H groups in total. The van der Waals surface area contributed by atoms with Crippen molar-refractivity contribution in [2.24, 2.45) is 0 Å². The number of nitrogen functional groups attached to an aromatic ring is 1. The Morgan fingerprint density at radius 1 is 1.20 bits per heavy atom. The lowest BCUT2D eigenvalue weighted by Crippen LogP contribution is -2.34. The van der Waals surface area contributed by atoms with Crippen molar-refractivity contribution >= 4 is 5.82 Å². The number of hydrogen-bond donors (Lipinski definition) is 2. The summed E-state index contributed by atoms with van der Waals surface area (Å²) >= 11 is 0. The van der Waals surface area contributed by atoms with Crippen LogP contribution < -0.4 is 11.1 Å². The van der Waals surface area contributed by atoms with Crippen LogP contribution in [0.2, 0.25) is 0 Å². The third kappa shape index (κ3) is 4.31. The fourth-order valence-electron chi connectivity index (χ4n) is 2.26. The first-order chi connectivity index (χ1) is 9.79. The Balaban J connectivity index is 2.05. The van der Waals surface area contributed by atoms with Crippen molar-refractivity contribution in [2.75, 3.05) is 12.3 Å². The number of nitrogens with two attached hydrogens (primary N) is 1. The molecule has 2 heterocycles. The highest BCUT2D eigenvalue weighted by molar-refractivity contribution is 5.39. The van der Waals surface area contributed by atoms with Crippen molar-refractivity contribution in [3.05, 3.63) is 54.0 Å². The minimum absolute atomic E-state index is 0.352. The average molecular weight is 270 g/mol. The number of aromatic nitrogens is 2. The van der Waals surface area contributed by atoms with E-state index < -0.39 is 0 Å². The summed E-state index contributed by atoms with van der Waals surface area (Å²) < 4.78 is 0. The number of hydrogen-bond acceptors (Lipinski definition) is 4. The third-order valence-corrected chi connectivity index (χ3v) is 3.28. The van der Waals surface area contributed by atoms with Gasteiger partial charge in [0.05, 0.1) is 0 Å². The molecular weight excluding hydrogens is 248 g/mol. The lowest BCUT2D eigenvalue weighted by Gasteiger charge is -2.19. The highest BCUT2D eigenvalue weighted by Gasteiger charge is 2.12. The van der Waals surface area contributed by atoms with Crippen LogP contribution in [-0.4, -0.2) is 22.6 Å². The van der Waals surface area contributed by atoms with E-state index in [9.17, 15) is 0 Å². The number of anilines is 1. The van der Waals surface area contributed by atoms with Gasteiger partial charge >= 0.3 is 0 Å². The molecule has 2 aromatic heterocycles. The predicted octanol–water partition coefficient (Wildman–Crippen LogP) is 2.21. The highest BCUT2D eigenvalue weighted by atomic mass is 14.9. The van der Waals surface area contributed by atoms with E-state index in [0.29, 0.717) is 11.9 Å². The molecule has 0 saturated heterocycles. The minimum atomic E-state index is 0.352. The van der Waals surface area contributed by atoms with Gasteiger partial charge in [-0.25, -0.2) is 4.98 Å². The second-order valence-corrected chi connectivity index (χ2v) is 4.97. The Labute approximate surface area is 120 Å². The summed E-state index contributed by atoms with van der Waals surface area (Å²) in [6.45, 7) is 3.18. The molecular formula is C16H22N4. The molecule has 0 saturated carbocycles. The normalized spacial score (nSPS) is 12.2. The molecule has 106 valence electrons. The molecule has 4 heteroatoms. The summed E-state index contributed by atoms with van der Waals surface area (Å²) in [6.07, 6.45) is 8.40. The van der Waals surface area contributed by atoms with Gasteiger partial charge in [0.1, 0.15) is 5.82 Å². The van der Waals surface area contributed by atoms with Gasteiger partial charge in [-0.2, -0.15) is 0 Å². The molecule has 0 fully saturated rings. The van der Waals surface area contributed by atoms with Crippen molar-refractivity contribution in [1.29, 1.82) is 0 Å². The molecule has 2 aromatic rings. The smallest absolute Gasteiger partial charge is 0.126 e. The van der Waals surface area contributed by atoms with Crippen LogP contribution in [0.1, 0.15) is 24.5 Å². The molecule has 0 radical (unpaired) electrons. The van der Waals surface area contributed by atoms with Crippen LogP contribution in [0, 0.1) is 0 Å². The van der Waals surface area contributed by atoms with Crippen molar-refractivity contribution in [3.8, 4) is 0 Å². The molecule has 0 aliphatic rings. The second kappa shape index (κ2) is 7.60. The molecule has 4 nitrogen and oxygen atoms in total. The third-order valence-electron chi connectivity index (χ3n) is 3.28. The molecule has 0 amide bonds. The van der Waals surface area contributed by atoms with Gasteiger partial charge in [0.25, 0.3) is 0 Å². The number of nitrogens with one attached hydrogen (secondary N) is 1. The average Bonchev–Trinajstić information content (AvgIpc) is 2.48. The van der Waals surface area contributed by atoms with Crippen LogP contribution in [-0.2, 0) is 12.8 Å². The van der Waals surface area contributed by atoms with Gasteiger partial charge in [0, 0.05) is 24.6 Å². The van der Waals surface area contributed by atoms with Crippen LogP contribution >= 0.6 is 0 Å². The number of rotatable bonds is 7. The molecule has 1 atom stereocenters. The van der Waals surface area contributed by atoms with E-state index in [1.807, 2.05) is 24.4 Å². The van der Waals surface area contributed by atoms with Crippen molar-refractivity contribution in [3.63, 3.8) is 0 Å². The topological polar surface area (TPSA) is 63.8 Å². The summed E-state index contributed by atoms with van der Waals surface area (Å²) in [6, 6.07) is 8.43. The zero-order valence-electron chi connectivity index (χ0n) is 11.9. The van der Waals surface area contributed by atoms with Crippen LogP contribution in [0.4, 0.5) is 5.82 Å². The Morgan fingerprint density at radius 2 is 2.05 bits per heavy atom. The fraction of sp³-hybridized carbons (Fsp3) is 0.375. The van der Waals surface area contributed by atoms with E-state index in [0.717, 1.165) is 31.4 Å². The monoisotopic (exact) mass is 270 g/mol. The first-order valence-corrected chi connectivity index (χ1v) is 7.11. The highest BCUT2D eigenvalue weighted by Crippen LogP contribution is 2.13. The van der Waals surface area contributed by atoms with E-state index in [4.69, 9.17) is 5.73 Å². The maximum absolute atomic E-state index is 5.94. The minimum Gasteiger partial charge on any atom is -0.383 e. The van der Waals surface area contributed by atoms with E-state index in [1.54, 1.807) is 12.4 Å². The van der Waals surface area contributed by atoms with Crippen molar-refractivity contribution in [2.45, 2.75) is 32.2 Å². The summed E-state index contributed by atoms with van der Waals surface area (Å²) in [4.78, 5) is 8.33. The molecule has 1 unspecified atom stereocenters. The maximum atomic E-state index is 5.94. The Morgan fingerprint density at radius 3 is 2.75 bits per heavy atom. The van der Waals surface area contributed by atoms with E-state index in [1.165, 1.54) is 5.56 Å². The Bertz CT molecular complexity index is 513. The molecule has 0 bridgehead atoms. The van der Waals surface area contributed by atoms with Gasteiger partial charge in [-0.3, -0.25) is 4.98 Å². The molecule has 0 spiro atoms. The van der Waals surface area contributed by atoms with Gasteiger partial charge in [-0.1, -0.05) is 19.1 Å². The zero-order chi connectivity index (χ0) is 14.2. The van der Waals surface area contributed by atoms with Gasteiger partial charge < -0.3 is 11.1 Å². The van der Waals surface area contributed by atoms with Crippen molar-refractivity contribution < 1.29 is 0 Å². The van der Waals surface area contributed by atoms with Crippen LogP contribution in [0.15, 0.2) is 42.9 Å². The summed E-state index contributed by atoms with van der Waals surface area (Å²) in [5.41, 5.74) is 8.28. The number of nitrogens with zero attached hydrogens (tertiary/aromatic N) is 2. The molecule has 20 heavy (non-hydrogen) atoms. The largest absolute Gasteiger partial charge is 0.383 e. The van der Waals surface area contributed by atoms with Gasteiger partial charge in [-0.15, -0.1) is 0 Å². The first kappa shape index (κ1) is 14.5. The lowest BCUT2D eigenvalue weighted by atomic mass is 10.00. The fourth-order valence-corrected chi connectivity index (χ4v) is 2.26. The van der Waals surface area contributed by atoms with E-state index in [-0.39, 0.29) is 0 Å². The van der Waals surface area contributed by atoms with Crippen LogP contribution in [0.25, 0.3) is 0 Å². The molecule has 2 rings (SSSR count). The summed E-state index contributed by atoms with van der Waals surface area (Å²) in [5, 5.41) is 3.58. The zero-order valence-corrected chi connectivity index (χ0v) is 11.9. The standard InChI is InChI=1S/C16H22N4/c1-2-7-19-15(10-13-5-3-8-18-12-13)11-14-6-4-9-20-16(14)17/h3-6,8-9,12,15,19H,2,7,10-11H2,1H3,(H2,17,20). The van der Waals surface area contributed by atoms with E-state index >= 15 is 0 Å². The maximum Gasteiger partial charge on any atom is 0.126 e. The van der Waals surface area contributed by atoms with E-state index in [2.05, 4.69) is 28.3 Å². The Kier molecular flexibility index (Phi) is 5.50. The van der Waals surface area contributed by atoms with Crippen molar-refractivity contribution in [1.82, 2.24) is 15.3 Å². The van der Waals surface area contributed by atoms with Crippen LogP contribution in [0.5, 0.6) is 0 Å². The van der Waals surface area contributed by atoms with Gasteiger partial charge in [0.2, 0.25) is 0 Å². The summed E-state index contributed by atoms with van der Waals surface area (Å²) in [5.74, 6) is 0.627. The molecule has 0 aliphatic carbocycles. The molecule has 0 aromatic carbocycles. The molecule has 0 aliphatic heterocycles. The van der Waals surface area contributed by atoms with Gasteiger partial charge in [-0.05, 0) is 49.1 Å². The van der Waals surface area contributed by atoms with Gasteiger partial charge in [0.15, 0.2) is 0 Å². The Hall–Kier alpha value is -1.94. The van der Waals surface area contributed by atoms with Crippen LogP contribution in [0.3, 0.4) is 0 Å². The predicted molar refractivity (Wildman–Crippen MR) is 82.4 cm³/mol. The number of pyridine rings is 2. The lowest BCUT2D eigenvalue weighted by molar-refractivity contribution is 0.504.